The number of alkyl halides is 1. The molecule has 1 rings (SSSR count). The molecule has 1 aromatic heterocycles. The van der Waals surface area contributed by atoms with E-state index >= 15 is 0 Å². The smallest absolute Gasteiger partial charge is 0.143 e. The minimum absolute atomic E-state index is 0. The van der Waals surface area contributed by atoms with Crippen LogP contribution in [-0.4, -0.2) is 9.55 Å². The Kier molecular flexibility index (Phi) is 4.16. The number of halogens is 2. The van der Waals surface area contributed by atoms with Gasteiger partial charge in [0.2, 0.25) is 0 Å². The average Bonchev–Trinajstić information content (AvgIpc) is 2.31. The maximum atomic E-state index is 5.76. The van der Waals surface area contributed by atoms with Gasteiger partial charge in [-0.15, -0.1) is 17.0 Å². The molecule has 0 amide bonds. The third-order valence-corrected chi connectivity index (χ3v) is 1.66. The van der Waals surface area contributed by atoms with Crippen molar-refractivity contribution in [2.45, 2.75) is 11.4 Å². The molecular weight excluding hydrogens is 286 g/mol. The molecule has 0 aliphatic heterocycles. The zero-order chi connectivity index (χ0) is 8.48. The monoisotopic (exact) mass is 295 g/mol. The van der Waals surface area contributed by atoms with Crippen LogP contribution in [0.4, 0.5) is 0 Å². The second-order valence-electron chi connectivity index (χ2n) is 2.42. The summed E-state index contributed by atoms with van der Waals surface area (Å²) in [4.78, 5) is 4.08. The van der Waals surface area contributed by atoms with E-state index in [1.54, 1.807) is 23.2 Å². The molecule has 5 heteroatoms. The minimum Gasteiger partial charge on any atom is -0.310 e. The standard InChI is InChI=1S/C7H10BrN3.BrH/c1-3-11-5-4-10-6(11)7(2,8)9;/h3-5H,1,9H2,2H3;1H. The molecular formula is C7H11Br2N3. The van der Waals surface area contributed by atoms with Gasteiger partial charge < -0.3 is 10.3 Å². The Bertz CT molecular complexity index is 262. The van der Waals surface area contributed by atoms with E-state index in [9.17, 15) is 0 Å². The molecule has 0 saturated carbocycles. The van der Waals surface area contributed by atoms with E-state index in [1.807, 2.05) is 6.92 Å². The maximum absolute atomic E-state index is 5.76. The van der Waals surface area contributed by atoms with Crippen molar-refractivity contribution >= 4 is 39.1 Å². The van der Waals surface area contributed by atoms with E-state index in [0.717, 1.165) is 5.82 Å². The van der Waals surface area contributed by atoms with Crippen LogP contribution < -0.4 is 5.73 Å². The molecule has 68 valence electrons. The van der Waals surface area contributed by atoms with Gasteiger partial charge in [0.05, 0.1) is 0 Å². The summed E-state index contributed by atoms with van der Waals surface area (Å²) < 4.78 is 1.18. The molecule has 0 fully saturated rings. The van der Waals surface area contributed by atoms with Crippen LogP contribution in [0.1, 0.15) is 12.7 Å². The van der Waals surface area contributed by atoms with Gasteiger partial charge in [-0.1, -0.05) is 22.5 Å². The average molecular weight is 297 g/mol. The van der Waals surface area contributed by atoms with E-state index in [2.05, 4.69) is 27.5 Å². The first-order valence-corrected chi connectivity index (χ1v) is 3.98. The summed E-state index contributed by atoms with van der Waals surface area (Å²) in [5.74, 6) is 0.743. The number of rotatable bonds is 2. The number of aromatic nitrogens is 2. The first-order valence-electron chi connectivity index (χ1n) is 3.19. The number of imidazole rings is 1. The molecule has 2 N–H and O–H groups in total. The third-order valence-electron chi connectivity index (χ3n) is 1.30. The molecule has 0 bridgehead atoms. The lowest BCUT2D eigenvalue weighted by atomic mass is 10.3. The molecule has 0 radical (unpaired) electrons. The second kappa shape index (κ2) is 4.20. The Labute approximate surface area is 90.6 Å². The Morgan fingerprint density at radius 3 is 2.75 bits per heavy atom. The molecule has 1 aromatic rings. The van der Waals surface area contributed by atoms with Crippen LogP contribution in [0.15, 0.2) is 19.0 Å². The molecule has 12 heavy (non-hydrogen) atoms. The highest BCUT2D eigenvalue weighted by atomic mass is 79.9. The number of hydrogen-bond donors (Lipinski definition) is 1. The summed E-state index contributed by atoms with van der Waals surface area (Å²) in [6, 6.07) is 0. The summed E-state index contributed by atoms with van der Waals surface area (Å²) in [5.41, 5.74) is 5.76. The summed E-state index contributed by atoms with van der Waals surface area (Å²) in [7, 11) is 0. The fraction of sp³-hybridized carbons (Fsp3) is 0.286. The van der Waals surface area contributed by atoms with Gasteiger partial charge in [0.25, 0.3) is 0 Å². The zero-order valence-corrected chi connectivity index (χ0v) is 10.00. The van der Waals surface area contributed by atoms with Crippen LogP contribution in [0.3, 0.4) is 0 Å². The fourth-order valence-electron chi connectivity index (χ4n) is 0.839. The van der Waals surface area contributed by atoms with Crippen LogP contribution in [0, 0.1) is 0 Å². The topological polar surface area (TPSA) is 43.8 Å². The summed E-state index contributed by atoms with van der Waals surface area (Å²) in [5, 5.41) is 0. The number of nitrogens with zero attached hydrogens (tertiary/aromatic N) is 2. The van der Waals surface area contributed by atoms with E-state index in [-0.39, 0.29) is 17.0 Å². The van der Waals surface area contributed by atoms with Crippen molar-refractivity contribution in [1.29, 1.82) is 0 Å². The van der Waals surface area contributed by atoms with E-state index in [4.69, 9.17) is 5.73 Å². The normalized spacial score (nSPS) is 14.6. The lowest BCUT2D eigenvalue weighted by Crippen LogP contribution is -2.28. The predicted molar refractivity (Wildman–Crippen MR) is 59.4 cm³/mol. The van der Waals surface area contributed by atoms with E-state index in [0.29, 0.717) is 0 Å². The maximum Gasteiger partial charge on any atom is 0.143 e. The number of hydrogen-bond acceptors (Lipinski definition) is 2. The highest BCUT2D eigenvalue weighted by Crippen LogP contribution is 2.22. The summed E-state index contributed by atoms with van der Waals surface area (Å²) in [6.07, 6.45) is 5.15. The Morgan fingerprint density at radius 2 is 2.42 bits per heavy atom. The Hall–Kier alpha value is -0.130. The highest BCUT2D eigenvalue weighted by Gasteiger charge is 2.21. The first-order chi connectivity index (χ1) is 5.05. The van der Waals surface area contributed by atoms with Gasteiger partial charge >= 0.3 is 0 Å². The molecule has 1 heterocycles. The van der Waals surface area contributed by atoms with Crippen LogP contribution in [0.2, 0.25) is 0 Å². The number of nitrogens with two attached hydrogens (primary N) is 1. The van der Waals surface area contributed by atoms with Crippen molar-refractivity contribution in [3.05, 3.63) is 24.8 Å². The van der Waals surface area contributed by atoms with Gasteiger partial charge in [-0.25, -0.2) is 4.98 Å². The Balaban J connectivity index is 0.00000121. The third kappa shape index (κ3) is 2.43. The van der Waals surface area contributed by atoms with Crippen molar-refractivity contribution in [3.63, 3.8) is 0 Å². The highest BCUT2D eigenvalue weighted by molar-refractivity contribution is 9.09. The van der Waals surface area contributed by atoms with Crippen molar-refractivity contribution in [3.8, 4) is 0 Å². The molecule has 0 aliphatic rings. The largest absolute Gasteiger partial charge is 0.310 e. The predicted octanol–water partition coefficient (Wildman–Crippen LogP) is 2.09. The van der Waals surface area contributed by atoms with Gasteiger partial charge in [0.15, 0.2) is 0 Å². The Morgan fingerprint density at radius 1 is 1.83 bits per heavy atom. The molecule has 1 atom stereocenters. The van der Waals surface area contributed by atoms with Crippen molar-refractivity contribution < 1.29 is 0 Å². The van der Waals surface area contributed by atoms with Crippen LogP contribution >= 0.6 is 32.9 Å². The van der Waals surface area contributed by atoms with Gasteiger partial charge in [-0.05, 0) is 6.92 Å². The molecule has 0 saturated heterocycles. The molecule has 0 aliphatic carbocycles. The van der Waals surface area contributed by atoms with Gasteiger partial charge in [-0.3, -0.25) is 0 Å². The molecule has 0 spiro atoms. The van der Waals surface area contributed by atoms with Gasteiger partial charge in [-0.2, -0.15) is 0 Å². The van der Waals surface area contributed by atoms with Crippen molar-refractivity contribution in [2.24, 2.45) is 5.73 Å². The van der Waals surface area contributed by atoms with Gasteiger partial charge in [0.1, 0.15) is 10.3 Å². The lowest BCUT2D eigenvalue weighted by molar-refractivity contribution is 0.681. The SMILES string of the molecule is Br.C=Cn1ccnc1C(C)(N)Br. The molecule has 1 unspecified atom stereocenters. The van der Waals surface area contributed by atoms with Crippen molar-refractivity contribution in [2.75, 3.05) is 0 Å². The van der Waals surface area contributed by atoms with Crippen molar-refractivity contribution in [1.82, 2.24) is 9.55 Å². The minimum atomic E-state index is -0.593. The summed E-state index contributed by atoms with van der Waals surface area (Å²) in [6.45, 7) is 5.45. The van der Waals surface area contributed by atoms with E-state index in [1.165, 1.54) is 0 Å². The lowest BCUT2D eigenvalue weighted by Gasteiger charge is -2.15. The van der Waals surface area contributed by atoms with Crippen LogP contribution in [-0.2, 0) is 4.45 Å². The fourth-order valence-corrected chi connectivity index (χ4v) is 1.15. The quantitative estimate of drug-likeness (QED) is 0.671. The van der Waals surface area contributed by atoms with Crippen LogP contribution in [0.5, 0.6) is 0 Å². The van der Waals surface area contributed by atoms with Gasteiger partial charge in [0, 0.05) is 18.6 Å². The first kappa shape index (κ1) is 11.9. The summed E-state index contributed by atoms with van der Waals surface area (Å²) >= 11 is 3.30. The molecule has 0 aromatic carbocycles. The second-order valence-corrected chi connectivity index (χ2v) is 4.06. The molecule has 3 nitrogen and oxygen atoms in total. The van der Waals surface area contributed by atoms with Crippen LogP contribution in [0.25, 0.3) is 6.20 Å². The van der Waals surface area contributed by atoms with E-state index < -0.39 is 4.45 Å². The zero-order valence-electron chi connectivity index (χ0n) is 6.70.